The standard InChI is InChI=1S/C20H26N2O4S/c1-14-10-15(2)12-18(11-14)22(27(5,24)25)13-20(23)21-16(3)17-6-8-19(26-4)9-7-17/h6-12,16H,13H2,1-5H3,(H,21,23). The van der Waals surface area contributed by atoms with Crippen molar-refractivity contribution in [2.24, 2.45) is 0 Å². The maximum atomic E-state index is 12.5. The van der Waals surface area contributed by atoms with Gasteiger partial charge in [-0.3, -0.25) is 9.10 Å². The van der Waals surface area contributed by atoms with E-state index in [0.29, 0.717) is 5.69 Å². The zero-order valence-corrected chi connectivity index (χ0v) is 17.1. The van der Waals surface area contributed by atoms with E-state index < -0.39 is 10.0 Å². The number of carbonyl (C=O) groups excluding carboxylic acids is 1. The molecule has 1 atom stereocenters. The number of methoxy groups -OCH3 is 1. The summed E-state index contributed by atoms with van der Waals surface area (Å²) in [5.41, 5.74) is 3.26. The molecule has 2 rings (SSSR count). The average molecular weight is 391 g/mol. The molecule has 27 heavy (non-hydrogen) atoms. The number of anilines is 1. The molecule has 7 heteroatoms. The largest absolute Gasteiger partial charge is 0.497 e. The number of hydrogen-bond donors (Lipinski definition) is 1. The minimum absolute atomic E-state index is 0.260. The summed E-state index contributed by atoms with van der Waals surface area (Å²) in [7, 11) is -2.01. The third-order valence-electron chi connectivity index (χ3n) is 4.18. The van der Waals surface area contributed by atoms with Crippen molar-refractivity contribution in [3.8, 4) is 5.75 Å². The molecule has 0 bridgehead atoms. The van der Waals surface area contributed by atoms with Crippen LogP contribution in [-0.4, -0.2) is 34.2 Å². The van der Waals surface area contributed by atoms with Crippen LogP contribution < -0.4 is 14.4 Å². The van der Waals surface area contributed by atoms with Crippen molar-refractivity contribution in [2.75, 3.05) is 24.2 Å². The third-order valence-corrected chi connectivity index (χ3v) is 5.32. The van der Waals surface area contributed by atoms with Gasteiger partial charge in [0.2, 0.25) is 15.9 Å². The van der Waals surface area contributed by atoms with Gasteiger partial charge in [0.25, 0.3) is 0 Å². The van der Waals surface area contributed by atoms with E-state index in [4.69, 9.17) is 4.74 Å². The summed E-state index contributed by atoms with van der Waals surface area (Å²) in [4.78, 5) is 12.5. The van der Waals surface area contributed by atoms with Crippen LogP contribution in [0.5, 0.6) is 5.75 Å². The fraction of sp³-hybridized carbons (Fsp3) is 0.350. The highest BCUT2D eigenvalue weighted by Crippen LogP contribution is 2.22. The number of hydrogen-bond acceptors (Lipinski definition) is 4. The SMILES string of the molecule is COc1ccc(C(C)NC(=O)CN(c2cc(C)cc(C)c2)S(C)(=O)=O)cc1. The molecule has 0 saturated heterocycles. The summed E-state index contributed by atoms with van der Waals surface area (Å²) in [6.45, 7) is 5.36. The van der Waals surface area contributed by atoms with E-state index in [0.717, 1.165) is 33.0 Å². The molecule has 2 aromatic carbocycles. The molecule has 0 spiro atoms. The number of ether oxygens (including phenoxy) is 1. The van der Waals surface area contributed by atoms with E-state index in [1.165, 1.54) is 0 Å². The molecule has 2 aromatic rings. The number of amides is 1. The average Bonchev–Trinajstić information content (AvgIpc) is 2.57. The fourth-order valence-corrected chi connectivity index (χ4v) is 3.73. The highest BCUT2D eigenvalue weighted by atomic mass is 32.2. The summed E-state index contributed by atoms with van der Waals surface area (Å²) in [6, 6.07) is 12.6. The first kappa shape index (κ1) is 20.8. The molecular weight excluding hydrogens is 364 g/mol. The molecule has 1 unspecified atom stereocenters. The lowest BCUT2D eigenvalue weighted by Crippen LogP contribution is -2.41. The van der Waals surface area contributed by atoms with Crippen LogP contribution in [0.25, 0.3) is 0 Å². The molecule has 0 heterocycles. The van der Waals surface area contributed by atoms with Crippen LogP contribution in [0.1, 0.15) is 29.7 Å². The van der Waals surface area contributed by atoms with Gasteiger partial charge in [0.05, 0.1) is 25.1 Å². The van der Waals surface area contributed by atoms with Crippen molar-refractivity contribution in [1.29, 1.82) is 0 Å². The zero-order valence-electron chi connectivity index (χ0n) is 16.3. The van der Waals surface area contributed by atoms with Crippen LogP contribution in [0.15, 0.2) is 42.5 Å². The molecule has 0 aliphatic heterocycles. The summed E-state index contributed by atoms with van der Waals surface area (Å²) in [6.07, 6.45) is 1.10. The van der Waals surface area contributed by atoms with Gasteiger partial charge in [0.15, 0.2) is 0 Å². The number of benzene rings is 2. The molecule has 1 N–H and O–H groups in total. The van der Waals surface area contributed by atoms with Crippen LogP contribution in [0.2, 0.25) is 0 Å². The Morgan fingerprint density at radius 1 is 1.11 bits per heavy atom. The Bertz CT molecular complexity index is 888. The Morgan fingerprint density at radius 3 is 2.15 bits per heavy atom. The maximum Gasteiger partial charge on any atom is 0.241 e. The maximum absolute atomic E-state index is 12.5. The molecule has 0 aromatic heterocycles. The number of aryl methyl sites for hydroxylation is 2. The highest BCUT2D eigenvalue weighted by Gasteiger charge is 2.22. The lowest BCUT2D eigenvalue weighted by Gasteiger charge is -2.24. The van der Waals surface area contributed by atoms with Crippen LogP contribution in [0.3, 0.4) is 0 Å². The normalized spacial score (nSPS) is 12.3. The van der Waals surface area contributed by atoms with Gasteiger partial charge in [0, 0.05) is 0 Å². The number of nitrogens with zero attached hydrogens (tertiary/aromatic N) is 1. The van der Waals surface area contributed by atoms with Crippen LogP contribution >= 0.6 is 0 Å². The molecule has 0 fully saturated rings. The number of carbonyl (C=O) groups is 1. The monoisotopic (exact) mass is 390 g/mol. The second kappa shape index (κ2) is 8.43. The molecule has 6 nitrogen and oxygen atoms in total. The van der Waals surface area contributed by atoms with Gasteiger partial charge in [-0.25, -0.2) is 8.42 Å². The minimum atomic E-state index is -3.60. The van der Waals surface area contributed by atoms with E-state index in [-0.39, 0.29) is 18.5 Å². The second-order valence-electron chi connectivity index (χ2n) is 6.68. The molecule has 0 radical (unpaired) electrons. The molecular formula is C20H26N2O4S. The molecule has 0 saturated carbocycles. The van der Waals surface area contributed by atoms with Crippen molar-refractivity contribution < 1.29 is 17.9 Å². The molecule has 1 amide bonds. The van der Waals surface area contributed by atoms with Gasteiger partial charge in [-0.2, -0.15) is 0 Å². The first-order chi connectivity index (χ1) is 12.6. The van der Waals surface area contributed by atoms with E-state index >= 15 is 0 Å². The van der Waals surface area contributed by atoms with Crippen molar-refractivity contribution in [3.63, 3.8) is 0 Å². The molecule has 0 aliphatic carbocycles. The van der Waals surface area contributed by atoms with Gasteiger partial charge < -0.3 is 10.1 Å². The fourth-order valence-electron chi connectivity index (χ4n) is 2.89. The van der Waals surface area contributed by atoms with Crippen molar-refractivity contribution in [2.45, 2.75) is 26.8 Å². The van der Waals surface area contributed by atoms with Crippen LogP contribution in [0, 0.1) is 13.8 Å². The Hall–Kier alpha value is -2.54. The number of rotatable bonds is 7. The predicted octanol–water partition coefficient (Wildman–Crippen LogP) is 2.96. The zero-order chi connectivity index (χ0) is 20.2. The van der Waals surface area contributed by atoms with Gasteiger partial charge in [-0.1, -0.05) is 18.2 Å². The lowest BCUT2D eigenvalue weighted by atomic mass is 10.1. The smallest absolute Gasteiger partial charge is 0.241 e. The van der Waals surface area contributed by atoms with Gasteiger partial charge in [-0.05, 0) is 61.7 Å². The molecule has 0 aliphatic rings. The molecule has 146 valence electrons. The third kappa shape index (κ3) is 5.72. The van der Waals surface area contributed by atoms with Crippen LogP contribution in [0.4, 0.5) is 5.69 Å². The van der Waals surface area contributed by atoms with Crippen molar-refractivity contribution in [3.05, 3.63) is 59.2 Å². The number of sulfonamides is 1. The quantitative estimate of drug-likeness (QED) is 0.789. The predicted molar refractivity (Wildman–Crippen MR) is 108 cm³/mol. The van der Waals surface area contributed by atoms with Gasteiger partial charge in [0.1, 0.15) is 12.3 Å². The highest BCUT2D eigenvalue weighted by molar-refractivity contribution is 7.92. The number of nitrogens with one attached hydrogen (secondary N) is 1. The first-order valence-electron chi connectivity index (χ1n) is 8.59. The Morgan fingerprint density at radius 2 is 1.67 bits per heavy atom. The summed E-state index contributed by atoms with van der Waals surface area (Å²) in [5.74, 6) is 0.359. The Kier molecular flexibility index (Phi) is 6.49. The van der Waals surface area contributed by atoms with Crippen molar-refractivity contribution in [1.82, 2.24) is 5.32 Å². The van der Waals surface area contributed by atoms with Gasteiger partial charge >= 0.3 is 0 Å². The van der Waals surface area contributed by atoms with E-state index in [2.05, 4.69) is 5.32 Å². The van der Waals surface area contributed by atoms with E-state index in [1.807, 2.05) is 51.1 Å². The Labute approximate surface area is 161 Å². The van der Waals surface area contributed by atoms with Crippen molar-refractivity contribution >= 4 is 21.6 Å². The second-order valence-corrected chi connectivity index (χ2v) is 8.58. The van der Waals surface area contributed by atoms with Gasteiger partial charge in [-0.15, -0.1) is 0 Å². The topological polar surface area (TPSA) is 75.7 Å². The van der Waals surface area contributed by atoms with Crippen LogP contribution in [-0.2, 0) is 14.8 Å². The lowest BCUT2D eigenvalue weighted by molar-refractivity contribution is -0.120. The van der Waals surface area contributed by atoms with E-state index in [9.17, 15) is 13.2 Å². The summed E-state index contributed by atoms with van der Waals surface area (Å²) in [5, 5.41) is 2.85. The summed E-state index contributed by atoms with van der Waals surface area (Å²) < 4.78 is 30.8. The van der Waals surface area contributed by atoms with E-state index in [1.54, 1.807) is 19.2 Å². The first-order valence-corrected chi connectivity index (χ1v) is 10.4. The Balaban J connectivity index is 2.16. The summed E-state index contributed by atoms with van der Waals surface area (Å²) >= 11 is 0. The minimum Gasteiger partial charge on any atom is -0.497 e.